The van der Waals surface area contributed by atoms with E-state index in [1.54, 1.807) is 6.08 Å². The van der Waals surface area contributed by atoms with Gasteiger partial charge in [0.1, 0.15) is 6.61 Å². The Morgan fingerprint density at radius 1 is 1.69 bits per heavy atom. The van der Waals surface area contributed by atoms with Crippen LogP contribution in [0.2, 0.25) is 0 Å². The number of rotatable bonds is 2. The van der Waals surface area contributed by atoms with Gasteiger partial charge in [-0.15, -0.1) is 0 Å². The van der Waals surface area contributed by atoms with Crippen molar-refractivity contribution in [3.63, 3.8) is 0 Å². The molecule has 0 aliphatic carbocycles. The van der Waals surface area contributed by atoms with E-state index in [1.807, 2.05) is 0 Å². The van der Waals surface area contributed by atoms with Crippen LogP contribution in [-0.4, -0.2) is 24.3 Å². The first-order chi connectivity index (χ1) is 6.34. The van der Waals surface area contributed by atoms with Crippen molar-refractivity contribution in [2.45, 2.75) is 24.0 Å². The number of allylic oxidation sites excluding steroid dienone is 1. The second-order valence-corrected chi connectivity index (χ2v) is 3.91. The molecule has 0 aromatic rings. The third kappa shape index (κ3) is 3.95. The third-order valence-corrected chi connectivity index (χ3v) is 2.62. The number of ether oxygens (including phenoxy) is 2. The van der Waals surface area contributed by atoms with Gasteiger partial charge in [-0.1, -0.05) is 34.3 Å². The van der Waals surface area contributed by atoms with Crippen LogP contribution in [0.1, 0.15) is 12.8 Å². The lowest BCUT2D eigenvalue weighted by Gasteiger charge is -2.26. The van der Waals surface area contributed by atoms with Crippen LogP contribution < -0.4 is 0 Å². The van der Waals surface area contributed by atoms with E-state index in [1.165, 1.54) is 0 Å². The van der Waals surface area contributed by atoms with Gasteiger partial charge in [-0.3, -0.25) is 0 Å². The van der Waals surface area contributed by atoms with Crippen molar-refractivity contribution >= 4 is 15.9 Å². The van der Waals surface area contributed by atoms with Gasteiger partial charge in [-0.2, -0.15) is 0 Å². The lowest BCUT2D eigenvalue weighted by atomic mass is 10.2. The highest BCUT2D eigenvalue weighted by Crippen LogP contribution is 2.21. The van der Waals surface area contributed by atoms with E-state index in [9.17, 15) is 0 Å². The molecular formula is C10H13BrO2. The molecule has 0 aromatic heterocycles. The fourth-order valence-electron chi connectivity index (χ4n) is 1.11. The van der Waals surface area contributed by atoms with Crippen LogP contribution in [0.5, 0.6) is 0 Å². The molecule has 0 N–H and O–H groups in total. The van der Waals surface area contributed by atoms with Crippen molar-refractivity contribution in [1.82, 2.24) is 0 Å². The van der Waals surface area contributed by atoms with Crippen LogP contribution >= 0.6 is 15.9 Å². The summed E-state index contributed by atoms with van der Waals surface area (Å²) in [6.07, 6.45) is 3.59. The first-order valence-corrected chi connectivity index (χ1v) is 5.22. The summed E-state index contributed by atoms with van der Waals surface area (Å²) in [6.45, 7) is 4.67. The largest absolute Gasteiger partial charge is 0.351 e. The number of alkyl halides is 1. The molecule has 0 unspecified atom stereocenters. The maximum Gasteiger partial charge on any atom is 0.171 e. The molecule has 1 aliphatic rings. The summed E-state index contributed by atoms with van der Waals surface area (Å²) in [6, 6.07) is 0. The minimum atomic E-state index is -0.145. The Morgan fingerprint density at radius 3 is 3.23 bits per heavy atom. The average molecular weight is 245 g/mol. The van der Waals surface area contributed by atoms with Gasteiger partial charge < -0.3 is 9.47 Å². The van der Waals surface area contributed by atoms with E-state index in [0.29, 0.717) is 11.4 Å². The van der Waals surface area contributed by atoms with E-state index in [4.69, 9.17) is 9.47 Å². The van der Waals surface area contributed by atoms with Crippen LogP contribution in [0.15, 0.2) is 12.7 Å². The van der Waals surface area contributed by atoms with Crippen molar-refractivity contribution in [3.8, 4) is 11.8 Å². The van der Waals surface area contributed by atoms with Gasteiger partial charge in [0.25, 0.3) is 0 Å². The lowest BCUT2D eigenvalue weighted by molar-refractivity contribution is -0.148. The normalized spacial score (nSPS) is 27.5. The molecule has 1 rings (SSSR count). The first kappa shape index (κ1) is 10.8. The van der Waals surface area contributed by atoms with Crippen molar-refractivity contribution in [1.29, 1.82) is 0 Å². The Bertz CT molecular complexity index is 217. The highest BCUT2D eigenvalue weighted by Gasteiger charge is 2.23. The fraction of sp³-hybridized carbons (Fsp3) is 0.600. The molecule has 1 fully saturated rings. The van der Waals surface area contributed by atoms with Crippen LogP contribution in [0, 0.1) is 11.8 Å². The number of hydrogen-bond donors (Lipinski definition) is 0. The molecule has 0 spiro atoms. The zero-order chi connectivity index (χ0) is 9.52. The molecular weight excluding hydrogens is 232 g/mol. The topological polar surface area (TPSA) is 18.5 Å². The van der Waals surface area contributed by atoms with E-state index in [-0.39, 0.29) is 6.29 Å². The molecule has 0 aromatic carbocycles. The van der Waals surface area contributed by atoms with Crippen molar-refractivity contribution in [2.75, 3.05) is 13.2 Å². The van der Waals surface area contributed by atoms with Crippen LogP contribution in [0.3, 0.4) is 0 Å². The van der Waals surface area contributed by atoms with E-state index in [2.05, 4.69) is 34.3 Å². The summed E-state index contributed by atoms with van der Waals surface area (Å²) in [5, 5.41) is 0. The van der Waals surface area contributed by atoms with Gasteiger partial charge in [0, 0.05) is 6.61 Å². The minimum Gasteiger partial charge on any atom is -0.351 e. The zero-order valence-electron chi connectivity index (χ0n) is 7.46. The molecule has 2 nitrogen and oxygen atoms in total. The maximum absolute atomic E-state index is 5.41. The number of halogens is 1. The second kappa shape index (κ2) is 6.20. The Balaban J connectivity index is 2.22. The first-order valence-electron chi connectivity index (χ1n) is 4.31. The predicted molar refractivity (Wildman–Crippen MR) is 55.6 cm³/mol. The molecule has 2 atom stereocenters. The molecule has 1 heterocycles. The molecule has 0 amide bonds. The molecule has 0 saturated carbocycles. The molecule has 1 aliphatic heterocycles. The quantitative estimate of drug-likeness (QED) is 0.547. The van der Waals surface area contributed by atoms with Gasteiger partial charge in [-0.25, -0.2) is 0 Å². The highest BCUT2D eigenvalue weighted by atomic mass is 79.9. The van der Waals surface area contributed by atoms with Crippen molar-refractivity contribution in [3.05, 3.63) is 12.7 Å². The van der Waals surface area contributed by atoms with Gasteiger partial charge in [-0.05, 0) is 18.9 Å². The van der Waals surface area contributed by atoms with Gasteiger partial charge >= 0.3 is 0 Å². The number of hydrogen-bond acceptors (Lipinski definition) is 2. The third-order valence-electron chi connectivity index (χ3n) is 1.73. The predicted octanol–water partition coefficient (Wildman–Crippen LogP) is 2.09. The molecule has 0 bridgehead atoms. The molecule has 1 saturated heterocycles. The minimum absolute atomic E-state index is 0.145. The zero-order valence-corrected chi connectivity index (χ0v) is 9.05. The lowest BCUT2D eigenvalue weighted by Crippen LogP contribution is -2.32. The molecule has 72 valence electrons. The van der Waals surface area contributed by atoms with Gasteiger partial charge in [0.05, 0.1) is 4.83 Å². The summed E-state index contributed by atoms with van der Waals surface area (Å²) in [4.78, 5) is 0.298. The van der Waals surface area contributed by atoms with Crippen LogP contribution in [-0.2, 0) is 9.47 Å². The Hall–Kier alpha value is -0.300. The van der Waals surface area contributed by atoms with Crippen LogP contribution in [0.4, 0.5) is 0 Å². The Morgan fingerprint density at radius 2 is 2.54 bits per heavy atom. The smallest absolute Gasteiger partial charge is 0.171 e. The molecule has 3 heteroatoms. The molecule has 0 radical (unpaired) electrons. The summed E-state index contributed by atoms with van der Waals surface area (Å²) < 4.78 is 10.8. The van der Waals surface area contributed by atoms with Crippen LogP contribution in [0.25, 0.3) is 0 Å². The van der Waals surface area contributed by atoms with E-state index >= 15 is 0 Å². The fourth-order valence-corrected chi connectivity index (χ4v) is 1.74. The van der Waals surface area contributed by atoms with Gasteiger partial charge in [0.2, 0.25) is 0 Å². The molecule has 13 heavy (non-hydrogen) atoms. The Labute approximate surface area is 87.4 Å². The summed E-state index contributed by atoms with van der Waals surface area (Å²) in [5.74, 6) is 5.53. The Kier molecular flexibility index (Phi) is 5.14. The monoisotopic (exact) mass is 244 g/mol. The van der Waals surface area contributed by atoms with E-state index in [0.717, 1.165) is 19.4 Å². The summed E-state index contributed by atoms with van der Waals surface area (Å²) in [7, 11) is 0. The maximum atomic E-state index is 5.41. The van der Waals surface area contributed by atoms with Gasteiger partial charge in [0.15, 0.2) is 6.29 Å². The average Bonchev–Trinajstić information content (AvgIpc) is 2.15. The highest BCUT2D eigenvalue weighted by molar-refractivity contribution is 9.09. The summed E-state index contributed by atoms with van der Waals surface area (Å²) in [5.41, 5.74) is 0. The second-order valence-electron chi connectivity index (χ2n) is 2.73. The SMILES string of the molecule is C=CC#CCO[C@H]1OCCC[C@@H]1Br. The standard InChI is InChI=1S/C10H13BrO2/c1-2-3-4-7-12-10-9(11)6-5-8-13-10/h2,9-10H,1,5-8H2/t9-,10-/m0/s1. The summed E-state index contributed by atoms with van der Waals surface area (Å²) >= 11 is 3.51. The van der Waals surface area contributed by atoms with E-state index < -0.39 is 0 Å². The van der Waals surface area contributed by atoms with Crippen molar-refractivity contribution in [2.24, 2.45) is 0 Å². The van der Waals surface area contributed by atoms with Crippen molar-refractivity contribution < 1.29 is 9.47 Å².